The lowest BCUT2D eigenvalue weighted by Crippen LogP contribution is -2.23. The van der Waals surface area contributed by atoms with Crippen molar-refractivity contribution in [2.45, 2.75) is 12.3 Å². The maximum Gasteiger partial charge on any atom is 0.231 e. The summed E-state index contributed by atoms with van der Waals surface area (Å²) in [5.41, 5.74) is 2.57. The van der Waals surface area contributed by atoms with Crippen LogP contribution in [0, 0.1) is 0 Å². The van der Waals surface area contributed by atoms with Crippen LogP contribution in [0.25, 0.3) is 0 Å². The van der Waals surface area contributed by atoms with Crippen molar-refractivity contribution in [1.29, 1.82) is 0 Å². The number of nitrogens with one attached hydrogen (secondary N) is 1. The minimum absolute atomic E-state index is 0.0534. The van der Waals surface area contributed by atoms with Crippen molar-refractivity contribution in [2.75, 3.05) is 12.1 Å². The van der Waals surface area contributed by atoms with Crippen LogP contribution < -0.4 is 14.8 Å². The summed E-state index contributed by atoms with van der Waals surface area (Å²) in [6.45, 7) is 0.193. The summed E-state index contributed by atoms with van der Waals surface area (Å²) in [5.74, 6) is 1.14. The minimum Gasteiger partial charge on any atom is -0.454 e. The van der Waals surface area contributed by atoms with Gasteiger partial charge in [-0.1, -0.05) is 29.3 Å². The Labute approximate surface area is 136 Å². The van der Waals surface area contributed by atoms with Crippen molar-refractivity contribution in [3.8, 4) is 11.5 Å². The highest BCUT2D eigenvalue weighted by molar-refractivity contribution is 6.35. The summed E-state index contributed by atoms with van der Waals surface area (Å²) in [7, 11) is 0. The Balaban J connectivity index is 1.86. The van der Waals surface area contributed by atoms with Crippen LogP contribution in [0.2, 0.25) is 10.0 Å². The molecule has 0 bridgehead atoms. The van der Waals surface area contributed by atoms with Gasteiger partial charge in [-0.05, 0) is 29.3 Å². The first-order valence-electron chi connectivity index (χ1n) is 6.80. The Morgan fingerprint density at radius 3 is 2.59 bits per heavy atom. The van der Waals surface area contributed by atoms with Gasteiger partial charge in [0.2, 0.25) is 12.7 Å². The van der Waals surface area contributed by atoms with Crippen molar-refractivity contribution in [3.05, 3.63) is 51.5 Å². The summed E-state index contributed by atoms with van der Waals surface area (Å²) >= 11 is 12.3. The lowest BCUT2D eigenvalue weighted by Gasteiger charge is -2.27. The molecular weight excluding hydrogens is 325 g/mol. The number of carbonyl (C=O) groups is 1. The fourth-order valence-electron chi connectivity index (χ4n) is 2.91. The molecule has 0 saturated heterocycles. The van der Waals surface area contributed by atoms with Crippen LogP contribution in [-0.2, 0) is 4.79 Å². The van der Waals surface area contributed by atoms with Gasteiger partial charge in [-0.2, -0.15) is 0 Å². The van der Waals surface area contributed by atoms with E-state index in [0.717, 1.165) is 16.8 Å². The van der Waals surface area contributed by atoms with Gasteiger partial charge in [0.1, 0.15) is 0 Å². The fraction of sp³-hybridized carbons (Fsp3) is 0.188. The van der Waals surface area contributed by atoms with Gasteiger partial charge in [0.15, 0.2) is 11.5 Å². The van der Waals surface area contributed by atoms with Gasteiger partial charge in [0.05, 0.1) is 0 Å². The van der Waals surface area contributed by atoms with E-state index in [1.807, 2.05) is 12.1 Å². The molecule has 6 heteroatoms. The molecule has 112 valence electrons. The minimum atomic E-state index is -0.136. The first kappa shape index (κ1) is 13.7. The average molecular weight is 336 g/mol. The van der Waals surface area contributed by atoms with E-state index in [2.05, 4.69) is 5.32 Å². The Morgan fingerprint density at radius 2 is 1.82 bits per heavy atom. The zero-order valence-corrected chi connectivity index (χ0v) is 12.9. The van der Waals surface area contributed by atoms with Crippen molar-refractivity contribution in [1.82, 2.24) is 0 Å². The molecule has 2 aromatic rings. The third kappa shape index (κ3) is 2.19. The molecule has 1 amide bonds. The number of ether oxygens (including phenoxy) is 2. The highest BCUT2D eigenvalue weighted by atomic mass is 35.5. The molecule has 2 aliphatic heterocycles. The number of anilines is 1. The maximum atomic E-state index is 12.0. The molecule has 4 rings (SSSR count). The van der Waals surface area contributed by atoms with Crippen molar-refractivity contribution in [2.24, 2.45) is 0 Å². The topological polar surface area (TPSA) is 47.6 Å². The normalized spacial score (nSPS) is 18.8. The monoisotopic (exact) mass is 335 g/mol. The Hall–Kier alpha value is -1.91. The van der Waals surface area contributed by atoms with Gasteiger partial charge < -0.3 is 14.8 Å². The Kier molecular flexibility index (Phi) is 3.17. The second-order valence-electron chi connectivity index (χ2n) is 5.26. The summed E-state index contributed by atoms with van der Waals surface area (Å²) in [6.07, 6.45) is 0.327. The molecule has 0 unspecified atom stereocenters. The van der Waals surface area contributed by atoms with E-state index in [-0.39, 0.29) is 18.6 Å². The summed E-state index contributed by atoms with van der Waals surface area (Å²) in [5, 5.41) is 4.00. The molecule has 2 aromatic carbocycles. The van der Waals surface area contributed by atoms with E-state index >= 15 is 0 Å². The van der Waals surface area contributed by atoms with Crippen LogP contribution in [0.5, 0.6) is 11.5 Å². The van der Waals surface area contributed by atoms with E-state index in [0.29, 0.717) is 28.0 Å². The first-order chi connectivity index (χ1) is 10.6. The Morgan fingerprint density at radius 1 is 1.05 bits per heavy atom. The zero-order chi connectivity index (χ0) is 15.3. The maximum absolute atomic E-state index is 12.0. The molecule has 0 spiro atoms. The van der Waals surface area contributed by atoms with E-state index in [4.69, 9.17) is 32.7 Å². The molecule has 0 aliphatic carbocycles. The third-order valence-corrected chi connectivity index (χ3v) is 4.48. The zero-order valence-electron chi connectivity index (χ0n) is 11.4. The molecule has 22 heavy (non-hydrogen) atoms. The molecule has 0 fully saturated rings. The highest BCUT2D eigenvalue weighted by Gasteiger charge is 2.30. The molecule has 0 aromatic heterocycles. The van der Waals surface area contributed by atoms with E-state index in [1.54, 1.807) is 18.2 Å². The smallest absolute Gasteiger partial charge is 0.231 e. The van der Waals surface area contributed by atoms with Gasteiger partial charge >= 0.3 is 0 Å². The third-order valence-electron chi connectivity index (χ3n) is 3.92. The van der Waals surface area contributed by atoms with Gasteiger partial charge in [0, 0.05) is 34.1 Å². The second kappa shape index (κ2) is 5.07. The largest absolute Gasteiger partial charge is 0.454 e. The number of amides is 1. The molecule has 1 atom stereocenters. The summed E-state index contributed by atoms with van der Waals surface area (Å²) < 4.78 is 10.8. The number of benzene rings is 2. The molecular formula is C16H11Cl2NO3. The molecule has 0 saturated carbocycles. The van der Waals surface area contributed by atoms with E-state index < -0.39 is 0 Å². The van der Waals surface area contributed by atoms with Gasteiger partial charge in [-0.15, -0.1) is 0 Å². The Bertz CT molecular complexity index is 791. The van der Waals surface area contributed by atoms with Crippen molar-refractivity contribution < 1.29 is 14.3 Å². The molecule has 2 heterocycles. The number of hydrogen-bond donors (Lipinski definition) is 1. The second-order valence-corrected chi connectivity index (χ2v) is 6.11. The van der Waals surface area contributed by atoms with E-state index in [1.165, 1.54) is 0 Å². The quantitative estimate of drug-likeness (QED) is 0.849. The predicted octanol–water partition coefficient (Wildman–Crippen LogP) is 4.20. The predicted molar refractivity (Wildman–Crippen MR) is 84.1 cm³/mol. The molecule has 2 aliphatic rings. The summed E-state index contributed by atoms with van der Waals surface area (Å²) in [6, 6.07) is 9.04. The highest BCUT2D eigenvalue weighted by Crippen LogP contribution is 2.46. The number of hydrogen-bond acceptors (Lipinski definition) is 3. The molecule has 4 nitrogen and oxygen atoms in total. The first-order valence-corrected chi connectivity index (χ1v) is 7.56. The lowest BCUT2D eigenvalue weighted by molar-refractivity contribution is -0.116. The number of fused-ring (bicyclic) bond motifs is 2. The van der Waals surface area contributed by atoms with Crippen LogP contribution in [0.4, 0.5) is 5.69 Å². The van der Waals surface area contributed by atoms with Crippen LogP contribution in [0.1, 0.15) is 23.5 Å². The number of carbonyl (C=O) groups excluding carboxylic acids is 1. The van der Waals surface area contributed by atoms with Crippen LogP contribution in [0.15, 0.2) is 30.3 Å². The molecule has 0 radical (unpaired) electrons. The average Bonchev–Trinajstić information content (AvgIpc) is 2.91. The summed E-state index contributed by atoms with van der Waals surface area (Å²) in [4.78, 5) is 12.0. The van der Waals surface area contributed by atoms with Gasteiger partial charge in [-0.25, -0.2) is 0 Å². The van der Waals surface area contributed by atoms with Gasteiger partial charge in [-0.3, -0.25) is 4.79 Å². The van der Waals surface area contributed by atoms with Crippen LogP contribution >= 0.6 is 23.2 Å². The van der Waals surface area contributed by atoms with Crippen molar-refractivity contribution in [3.63, 3.8) is 0 Å². The van der Waals surface area contributed by atoms with E-state index in [9.17, 15) is 4.79 Å². The fourth-order valence-corrected chi connectivity index (χ4v) is 3.45. The standard InChI is InChI=1S/C16H11Cl2NO3/c17-8-1-2-9(12(18)3-8)10-5-16(20)19-13-6-15-14(4-11(10)13)21-7-22-15/h1-4,6,10H,5,7H2,(H,19,20)/t10-/m0/s1. The van der Waals surface area contributed by atoms with Crippen LogP contribution in [-0.4, -0.2) is 12.7 Å². The van der Waals surface area contributed by atoms with Crippen LogP contribution in [0.3, 0.4) is 0 Å². The number of halogens is 2. The molecule has 1 N–H and O–H groups in total. The van der Waals surface area contributed by atoms with Crippen molar-refractivity contribution >= 4 is 34.8 Å². The number of rotatable bonds is 1. The SMILES string of the molecule is O=C1C[C@@H](c2ccc(Cl)cc2Cl)c2cc3c(cc2N1)OCO3. The lowest BCUT2D eigenvalue weighted by atomic mass is 9.84. The van der Waals surface area contributed by atoms with Gasteiger partial charge in [0.25, 0.3) is 0 Å².